The maximum absolute atomic E-state index is 14.3. The monoisotopic (exact) mass is 812 g/mol. The van der Waals surface area contributed by atoms with Gasteiger partial charge < -0.3 is 50.4 Å². The molecule has 3 fully saturated rings. The lowest BCUT2D eigenvalue weighted by molar-refractivity contribution is -0.365. The first-order valence-corrected chi connectivity index (χ1v) is 19.8. The summed E-state index contributed by atoms with van der Waals surface area (Å²) in [4.78, 5) is 54.8. The number of benzene rings is 3. The highest BCUT2D eigenvalue weighted by atomic mass is 16.6. The van der Waals surface area contributed by atoms with Crippen LogP contribution < -0.4 is 11.1 Å². The number of fused-ring (bicyclic) bond motifs is 5. The van der Waals surface area contributed by atoms with Crippen molar-refractivity contribution in [3.63, 3.8) is 0 Å². The Morgan fingerprint density at radius 1 is 0.864 bits per heavy atom. The third kappa shape index (κ3) is 6.85. The maximum atomic E-state index is 14.3. The number of aliphatic hydroxyl groups excluding tert-OH is 3. The molecule has 0 aromatic heterocycles. The van der Waals surface area contributed by atoms with Gasteiger partial charge in [-0.3, -0.25) is 14.4 Å². The number of amides is 1. The average Bonchev–Trinajstić information content (AvgIpc) is 3.21. The largest absolute Gasteiger partial charge is 0.456 e. The Kier molecular flexibility index (Phi) is 11.1. The van der Waals surface area contributed by atoms with E-state index in [9.17, 15) is 39.6 Å². The van der Waals surface area contributed by atoms with Crippen LogP contribution in [-0.4, -0.2) is 105 Å². The second kappa shape index (κ2) is 15.6. The molecule has 12 atom stereocenters. The molecule has 3 aliphatic carbocycles. The van der Waals surface area contributed by atoms with Gasteiger partial charge in [-0.05, 0) is 47.9 Å². The van der Waals surface area contributed by atoms with Crippen LogP contribution in [0.15, 0.2) is 102 Å². The van der Waals surface area contributed by atoms with Crippen LogP contribution in [0.4, 0.5) is 0 Å². The number of ether oxygens (including phenoxy) is 4. The molecule has 0 unspecified atom stereocenters. The first kappa shape index (κ1) is 42.2. The van der Waals surface area contributed by atoms with Crippen LogP contribution >= 0.6 is 0 Å². The van der Waals surface area contributed by atoms with E-state index in [0.717, 1.165) is 0 Å². The molecule has 1 saturated heterocycles. The third-order valence-electron chi connectivity index (χ3n) is 13.5. The molecule has 7 rings (SSSR count). The highest BCUT2D eigenvalue weighted by Crippen LogP contribution is 2.65. The van der Waals surface area contributed by atoms with Gasteiger partial charge in [0.25, 0.3) is 5.91 Å². The minimum atomic E-state index is -2.26. The standard InChI is InChI=1S/C45H52N2O12/c1-24-29(57-41(54)33(46)34(26-15-9-6-10-16-26)47-39(52)27-17-11-7-12-18-27)22-45(55)38(58-40(53)28-19-13-8-14-20-28)36-43(5,37(51)35(50)32(24)42(45,3)4)30(49)21-31-44(36,23-56-31)59-25(2)48/h6-20,29-31,33-38,49-51,55H,21-23,46H2,1-5H3,(H,47,52)/t29-,30-,31+,33+,34-,35+,36-,37-,38-,43+,44-,45+/m0/s1. The normalized spacial score (nSPS) is 34.2. The van der Waals surface area contributed by atoms with Gasteiger partial charge in [0.2, 0.25) is 0 Å². The average molecular weight is 813 g/mol. The van der Waals surface area contributed by atoms with E-state index in [2.05, 4.69) is 5.32 Å². The SMILES string of the molecule is CC(=O)O[C@@]12CO[C@@H]1C[C@H](O)[C@]1(C)[C@@H]2[C@H](OC(=O)c2ccccc2)[C@]2(O)C[C@H](OC(=O)[C@H](N)[C@@H](NC(=O)c3ccccc3)c3ccccc3)C(C)=C([C@@H](O)[C@@H]1O)C2(C)C. The number of hydrogen-bond donors (Lipinski definition) is 6. The first-order chi connectivity index (χ1) is 27.9. The molecule has 2 saturated carbocycles. The van der Waals surface area contributed by atoms with Crippen molar-refractivity contribution in [1.29, 1.82) is 0 Å². The predicted octanol–water partition coefficient (Wildman–Crippen LogP) is 2.92. The number of nitrogens with two attached hydrogens (primary N) is 1. The van der Waals surface area contributed by atoms with Gasteiger partial charge in [0, 0.05) is 36.2 Å². The van der Waals surface area contributed by atoms with Crippen LogP contribution in [0.1, 0.15) is 79.8 Å². The summed E-state index contributed by atoms with van der Waals surface area (Å²) in [5.74, 6) is -4.44. The number of rotatable bonds is 9. The maximum Gasteiger partial charge on any atom is 0.338 e. The summed E-state index contributed by atoms with van der Waals surface area (Å²) in [5.41, 5.74) is 0.760. The lowest BCUT2D eigenvalue weighted by Crippen LogP contribution is -2.82. The van der Waals surface area contributed by atoms with Crippen LogP contribution in [-0.2, 0) is 28.5 Å². The zero-order valence-electron chi connectivity index (χ0n) is 33.6. The molecule has 2 bridgehead atoms. The molecule has 1 amide bonds. The summed E-state index contributed by atoms with van der Waals surface area (Å²) < 4.78 is 24.5. The summed E-state index contributed by atoms with van der Waals surface area (Å²) in [7, 11) is 0. The van der Waals surface area contributed by atoms with E-state index in [1.807, 2.05) is 0 Å². The van der Waals surface area contributed by atoms with E-state index in [0.29, 0.717) is 11.1 Å². The fourth-order valence-electron chi connectivity index (χ4n) is 10.2. The van der Waals surface area contributed by atoms with E-state index in [-0.39, 0.29) is 29.7 Å². The molecule has 14 heteroatoms. The van der Waals surface area contributed by atoms with Crippen LogP contribution in [0.3, 0.4) is 0 Å². The molecule has 0 radical (unpaired) electrons. The second-order valence-electron chi connectivity index (χ2n) is 17.1. The molecule has 0 spiro atoms. The van der Waals surface area contributed by atoms with Crippen molar-refractivity contribution >= 4 is 23.8 Å². The van der Waals surface area contributed by atoms with Crippen molar-refractivity contribution in [2.24, 2.45) is 22.5 Å². The van der Waals surface area contributed by atoms with Gasteiger partial charge in [-0.25, -0.2) is 4.79 Å². The molecule has 1 aliphatic heterocycles. The van der Waals surface area contributed by atoms with Gasteiger partial charge in [-0.2, -0.15) is 0 Å². The number of aliphatic hydroxyl groups is 4. The lowest BCUT2D eigenvalue weighted by atomic mass is 9.44. The van der Waals surface area contributed by atoms with Gasteiger partial charge in [0.15, 0.2) is 5.60 Å². The number of nitrogens with one attached hydrogen (secondary N) is 1. The molecular weight excluding hydrogens is 760 g/mol. The van der Waals surface area contributed by atoms with Crippen molar-refractivity contribution in [2.45, 2.75) is 107 Å². The number of carbonyl (C=O) groups excluding carboxylic acids is 4. The van der Waals surface area contributed by atoms with Crippen molar-refractivity contribution in [1.82, 2.24) is 5.32 Å². The molecule has 1 heterocycles. The molecule has 3 aromatic rings. The summed E-state index contributed by atoms with van der Waals surface area (Å²) in [5, 5.41) is 53.1. The van der Waals surface area contributed by atoms with Crippen LogP contribution in [0.2, 0.25) is 0 Å². The summed E-state index contributed by atoms with van der Waals surface area (Å²) in [6, 6.07) is 22.5. The molecular formula is C45H52N2O12. The number of esters is 3. The second-order valence-corrected chi connectivity index (χ2v) is 17.1. The van der Waals surface area contributed by atoms with E-state index in [1.54, 1.807) is 99.6 Å². The number of hydrogen-bond acceptors (Lipinski definition) is 13. The van der Waals surface area contributed by atoms with Crippen molar-refractivity contribution in [3.05, 3.63) is 119 Å². The summed E-state index contributed by atoms with van der Waals surface area (Å²) in [6.45, 7) is 7.31. The summed E-state index contributed by atoms with van der Waals surface area (Å²) in [6.07, 6.45) is -9.50. The third-order valence-corrected chi connectivity index (χ3v) is 13.5. The fraction of sp³-hybridized carbons (Fsp3) is 0.467. The van der Waals surface area contributed by atoms with E-state index in [1.165, 1.54) is 26.0 Å². The van der Waals surface area contributed by atoms with Gasteiger partial charge in [0.05, 0.1) is 36.3 Å². The van der Waals surface area contributed by atoms with E-state index >= 15 is 0 Å². The van der Waals surface area contributed by atoms with Gasteiger partial charge >= 0.3 is 17.9 Å². The Labute approximate surface area is 342 Å². The quantitative estimate of drug-likeness (QED) is 0.104. The van der Waals surface area contributed by atoms with E-state index < -0.39 is 107 Å². The molecule has 314 valence electrons. The molecule has 7 N–H and O–H groups in total. The minimum Gasteiger partial charge on any atom is -0.456 e. The molecule has 3 aromatic carbocycles. The highest BCUT2D eigenvalue weighted by Gasteiger charge is 2.77. The van der Waals surface area contributed by atoms with Crippen molar-refractivity contribution in [3.8, 4) is 0 Å². The Hall–Kier alpha value is -4.96. The van der Waals surface area contributed by atoms with Crippen LogP contribution in [0.5, 0.6) is 0 Å². The molecule has 59 heavy (non-hydrogen) atoms. The first-order valence-electron chi connectivity index (χ1n) is 19.8. The van der Waals surface area contributed by atoms with Gasteiger partial charge in [-0.1, -0.05) is 87.5 Å². The van der Waals surface area contributed by atoms with Gasteiger partial charge in [0.1, 0.15) is 36.1 Å². The Morgan fingerprint density at radius 2 is 1.44 bits per heavy atom. The fourth-order valence-corrected chi connectivity index (χ4v) is 10.2. The lowest BCUT2D eigenvalue weighted by Gasteiger charge is -2.69. The van der Waals surface area contributed by atoms with Crippen LogP contribution in [0, 0.1) is 16.7 Å². The van der Waals surface area contributed by atoms with Crippen molar-refractivity contribution in [2.75, 3.05) is 6.61 Å². The zero-order chi connectivity index (χ0) is 42.7. The van der Waals surface area contributed by atoms with Gasteiger partial charge in [-0.15, -0.1) is 0 Å². The Balaban J connectivity index is 1.34. The van der Waals surface area contributed by atoms with Crippen LogP contribution in [0.25, 0.3) is 0 Å². The molecule has 14 nitrogen and oxygen atoms in total. The number of carbonyl (C=O) groups is 4. The highest BCUT2D eigenvalue weighted by molar-refractivity contribution is 5.95. The predicted molar refractivity (Wildman–Crippen MR) is 211 cm³/mol. The summed E-state index contributed by atoms with van der Waals surface area (Å²) >= 11 is 0. The van der Waals surface area contributed by atoms with Crippen molar-refractivity contribution < 1.29 is 58.6 Å². The Morgan fingerprint density at radius 3 is 2.00 bits per heavy atom. The topological polar surface area (TPSA) is 224 Å². The van der Waals surface area contributed by atoms with E-state index in [4.69, 9.17) is 24.7 Å². The zero-order valence-corrected chi connectivity index (χ0v) is 33.6. The Bertz CT molecular complexity index is 2110. The minimum absolute atomic E-state index is 0.0864. The smallest absolute Gasteiger partial charge is 0.338 e. The molecule has 4 aliphatic rings.